The number of nitrogens with zero attached hydrogens (tertiary/aromatic N) is 2. The molecule has 16 heavy (non-hydrogen) atoms. The van der Waals surface area contributed by atoms with Gasteiger partial charge in [0.2, 0.25) is 0 Å². The van der Waals surface area contributed by atoms with Gasteiger partial charge in [0.05, 0.1) is 0 Å². The van der Waals surface area contributed by atoms with E-state index in [9.17, 15) is 14.9 Å². The molecule has 0 saturated carbocycles. The van der Waals surface area contributed by atoms with Crippen LogP contribution in [0.4, 0.5) is 5.82 Å². The van der Waals surface area contributed by atoms with Crippen molar-refractivity contribution in [1.82, 2.24) is 4.98 Å². The zero-order valence-corrected chi connectivity index (χ0v) is 9.44. The molecule has 0 N–H and O–H groups in total. The average Bonchev–Trinajstić information content (AvgIpc) is 2.25. The molecule has 1 heterocycles. The van der Waals surface area contributed by atoms with Gasteiger partial charge < -0.3 is 10.1 Å². The molecule has 6 heteroatoms. The van der Waals surface area contributed by atoms with Crippen molar-refractivity contribution in [3.05, 3.63) is 40.1 Å². The Morgan fingerprint density at radius 2 is 2.38 bits per heavy atom. The fraction of sp³-hybridized carbons (Fsp3) is 0.200. The molecule has 84 valence electrons. The number of pyridine rings is 1. The minimum Gasteiger partial charge on any atom is -0.358 e. The van der Waals surface area contributed by atoms with Crippen LogP contribution in [0.2, 0.25) is 0 Å². The van der Waals surface area contributed by atoms with Gasteiger partial charge in [-0.1, -0.05) is 23.9 Å². The summed E-state index contributed by atoms with van der Waals surface area (Å²) in [6.07, 6.45) is 5.01. The highest BCUT2D eigenvalue weighted by molar-refractivity contribution is 8.13. The second kappa shape index (κ2) is 6.02. The van der Waals surface area contributed by atoms with E-state index in [0.717, 1.165) is 5.56 Å². The molecule has 0 aliphatic carbocycles. The Morgan fingerprint density at radius 1 is 1.62 bits per heavy atom. The number of thioether (sulfide) groups is 1. The van der Waals surface area contributed by atoms with E-state index in [2.05, 4.69) is 4.98 Å². The van der Waals surface area contributed by atoms with E-state index in [1.807, 2.05) is 6.08 Å². The Balaban J connectivity index is 2.55. The maximum Gasteiger partial charge on any atom is 0.363 e. The SMILES string of the molecule is CC(=O)SCC=Cc1ccc([N+](=O)[O-])nc1. The van der Waals surface area contributed by atoms with Crippen molar-refractivity contribution in [2.45, 2.75) is 6.92 Å². The first-order chi connectivity index (χ1) is 7.59. The molecule has 5 nitrogen and oxygen atoms in total. The summed E-state index contributed by atoms with van der Waals surface area (Å²) in [7, 11) is 0. The molecule has 1 rings (SSSR count). The molecular weight excluding hydrogens is 228 g/mol. The highest BCUT2D eigenvalue weighted by Crippen LogP contribution is 2.09. The van der Waals surface area contributed by atoms with Crippen LogP contribution in [0.25, 0.3) is 6.08 Å². The molecule has 0 radical (unpaired) electrons. The monoisotopic (exact) mass is 238 g/mol. The third-order valence-electron chi connectivity index (χ3n) is 1.65. The van der Waals surface area contributed by atoms with Crippen LogP contribution in [0, 0.1) is 10.1 Å². The van der Waals surface area contributed by atoms with Crippen LogP contribution >= 0.6 is 11.8 Å². The summed E-state index contributed by atoms with van der Waals surface area (Å²) in [6, 6.07) is 2.96. The zero-order valence-electron chi connectivity index (χ0n) is 8.62. The Morgan fingerprint density at radius 3 is 2.88 bits per heavy atom. The Labute approximate surface area is 96.7 Å². The maximum absolute atomic E-state index is 10.6. The van der Waals surface area contributed by atoms with Crippen molar-refractivity contribution in [3.63, 3.8) is 0 Å². The smallest absolute Gasteiger partial charge is 0.358 e. The third kappa shape index (κ3) is 4.22. The molecular formula is C10H10N2O3S. The van der Waals surface area contributed by atoms with Gasteiger partial charge >= 0.3 is 5.82 Å². The van der Waals surface area contributed by atoms with Gasteiger partial charge in [0, 0.05) is 24.3 Å². The summed E-state index contributed by atoms with van der Waals surface area (Å²) in [5.41, 5.74) is 0.773. The summed E-state index contributed by atoms with van der Waals surface area (Å²) in [5, 5.41) is 10.4. The number of hydrogen-bond donors (Lipinski definition) is 0. The third-order valence-corrected chi connectivity index (χ3v) is 2.42. The van der Waals surface area contributed by atoms with Crippen LogP contribution in [-0.4, -0.2) is 20.8 Å². The largest absolute Gasteiger partial charge is 0.363 e. The van der Waals surface area contributed by atoms with Crippen LogP contribution in [-0.2, 0) is 4.79 Å². The van der Waals surface area contributed by atoms with Gasteiger partial charge in [0.1, 0.15) is 6.20 Å². The molecule has 0 aliphatic heterocycles. The first-order valence-corrected chi connectivity index (χ1v) is 5.48. The lowest BCUT2D eigenvalue weighted by Gasteiger charge is -1.92. The van der Waals surface area contributed by atoms with E-state index in [0.29, 0.717) is 5.75 Å². The van der Waals surface area contributed by atoms with Gasteiger partial charge in [0.25, 0.3) is 0 Å². The quantitative estimate of drug-likeness (QED) is 0.594. The molecule has 1 aromatic rings. The first-order valence-electron chi connectivity index (χ1n) is 4.50. The molecule has 0 fully saturated rings. The van der Waals surface area contributed by atoms with Gasteiger partial charge in [-0.05, 0) is 16.0 Å². The Kier molecular flexibility index (Phi) is 4.65. The fourth-order valence-corrected chi connectivity index (χ4v) is 1.38. The van der Waals surface area contributed by atoms with Crippen LogP contribution in [0.15, 0.2) is 24.4 Å². The van der Waals surface area contributed by atoms with Gasteiger partial charge in [-0.25, -0.2) is 0 Å². The number of aromatic nitrogens is 1. The summed E-state index contributed by atoms with van der Waals surface area (Å²) < 4.78 is 0. The predicted molar refractivity (Wildman–Crippen MR) is 63.1 cm³/mol. The first kappa shape index (κ1) is 12.4. The van der Waals surface area contributed by atoms with Crippen LogP contribution in [0.5, 0.6) is 0 Å². The van der Waals surface area contributed by atoms with E-state index in [-0.39, 0.29) is 10.9 Å². The van der Waals surface area contributed by atoms with Crippen molar-refractivity contribution in [2.75, 3.05) is 5.75 Å². The highest BCUT2D eigenvalue weighted by atomic mass is 32.2. The van der Waals surface area contributed by atoms with E-state index in [1.54, 1.807) is 12.1 Å². The van der Waals surface area contributed by atoms with Gasteiger partial charge in [0.15, 0.2) is 5.12 Å². The summed E-state index contributed by atoms with van der Waals surface area (Å²) in [4.78, 5) is 24.1. The molecule has 0 bridgehead atoms. The summed E-state index contributed by atoms with van der Waals surface area (Å²) >= 11 is 1.20. The van der Waals surface area contributed by atoms with Crippen LogP contribution < -0.4 is 0 Å². The second-order valence-corrected chi connectivity index (χ2v) is 4.11. The van der Waals surface area contributed by atoms with Crippen molar-refractivity contribution in [2.24, 2.45) is 0 Å². The molecule has 1 aromatic heterocycles. The number of carbonyl (C=O) groups excluding carboxylic acids is 1. The molecule has 0 amide bonds. The average molecular weight is 238 g/mol. The normalized spacial score (nSPS) is 10.6. The molecule has 0 spiro atoms. The molecule has 0 aromatic carbocycles. The zero-order chi connectivity index (χ0) is 12.0. The minimum atomic E-state index is -0.543. The number of nitro groups is 1. The van der Waals surface area contributed by atoms with Crippen LogP contribution in [0.3, 0.4) is 0 Å². The van der Waals surface area contributed by atoms with E-state index >= 15 is 0 Å². The lowest BCUT2D eigenvalue weighted by atomic mass is 10.2. The van der Waals surface area contributed by atoms with Gasteiger partial charge in [-0.2, -0.15) is 0 Å². The summed E-state index contributed by atoms with van der Waals surface area (Å²) in [6.45, 7) is 1.51. The maximum atomic E-state index is 10.6. The van der Waals surface area contributed by atoms with Crippen LogP contribution in [0.1, 0.15) is 12.5 Å². The number of hydrogen-bond acceptors (Lipinski definition) is 5. The number of carbonyl (C=O) groups is 1. The topological polar surface area (TPSA) is 73.1 Å². The second-order valence-electron chi connectivity index (χ2n) is 2.91. The highest BCUT2D eigenvalue weighted by Gasteiger charge is 2.04. The predicted octanol–water partition coefficient (Wildman–Crippen LogP) is 2.28. The van der Waals surface area contributed by atoms with E-state index in [1.165, 1.54) is 30.9 Å². The lowest BCUT2D eigenvalue weighted by molar-refractivity contribution is -0.389. The van der Waals surface area contributed by atoms with E-state index < -0.39 is 4.92 Å². The van der Waals surface area contributed by atoms with Crippen molar-refractivity contribution in [3.8, 4) is 0 Å². The number of rotatable bonds is 4. The summed E-state index contributed by atoms with van der Waals surface area (Å²) in [5.74, 6) is 0.419. The molecule has 0 saturated heterocycles. The molecule has 0 unspecified atom stereocenters. The fourth-order valence-electron chi connectivity index (χ4n) is 0.954. The Hall–Kier alpha value is -1.69. The van der Waals surface area contributed by atoms with E-state index in [4.69, 9.17) is 0 Å². The minimum absolute atomic E-state index is 0.0616. The van der Waals surface area contributed by atoms with Gasteiger partial charge in [-0.3, -0.25) is 4.79 Å². The Bertz CT molecular complexity index is 415. The molecule has 0 atom stereocenters. The molecule has 0 aliphatic rings. The van der Waals surface area contributed by atoms with Crippen molar-refractivity contribution >= 4 is 28.8 Å². The lowest BCUT2D eigenvalue weighted by Crippen LogP contribution is -1.91. The van der Waals surface area contributed by atoms with Gasteiger partial charge in [-0.15, -0.1) is 0 Å². The standard InChI is InChI=1S/C10H10N2O3S/c1-8(13)16-6-2-3-9-4-5-10(11-7-9)12(14)15/h2-5,7H,6H2,1H3. The van der Waals surface area contributed by atoms with Crippen molar-refractivity contribution < 1.29 is 9.72 Å². The van der Waals surface area contributed by atoms with Crippen molar-refractivity contribution in [1.29, 1.82) is 0 Å².